The third-order valence-electron chi connectivity index (χ3n) is 4.98. The fourth-order valence-electron chi connectivity index (χ4n) is 4.29. The standard InChI is InChI=1S/C19H30N8O2/c1-18(2)10-14(11-19(3,4)25-18)24-17-15(27(28)29)16(22-12-23-17)21-6-5-8-26-9-7-20-13-26/h7,9,12-14,25H,5-6,8,10-11H2,1-4H3,(H2,21,22,23,24). The predicted molar refractivity (Wildman–Crippen MR) is 112 cm³/mol. The quantitative estimate of drug-likeness (QED) is 0.350. The van der Waals surface area contributed by atoms with Crippen LogP contribution in [0.15, 0.2) is 25.0 Å². The van der Waals surface area contributed by atoms with E-state index in [9.17, 15) is 10.1 Å². The van der Waals surface area contributed by atoms with Gasteiger partial charge in [0, 0.05) is 42.6 Å². The van der Waals surface area contributed by atoms with Crippen molar-refractivity contribution in [1.82, 2.24) is 24.8 Å². The number of anilines is 2. The summed E-state index contributed by atoms with van der Waals surface area (Å²) < 4.78 is 1.96. The molecule has 0 atom stereocenters. The molecule has 0 aromatic carbocycles. The van der Waals surface area contributed by atoms with Crippen LogP contribution < -0.4 is 16.0 Å². The van der Waals surface area contributed by atoms with E-state index >= 15 is 0 Å². The van der Waals surface area contributed by atoms with Crippen LogP contribution in [0, 0.1) is 10.1 Å². The highest BCUT2D eigenvalue weighted by Crippen LogP contribution is 2.34. The highest BCUT2D eigenvalue weighted by Gasteiger charge is 2.38. The molecule has 2 aromatic heterocycles. The Morgan fingerprint density at radius 2 is 1.93 bits per heavy atom. The average Bonchev–Trinajstić information content (AvgIpc) is 3.09. The normalized spacial score (nSPS) is 18.3. The Balaban J connectivity index is 1.70. The Bertz CT molecular complexity index is 819. The lowest BCUT2D eigenvalue weighted by Gasteiger charge is -2.46. The lowest BCUT2D eigenvalue weighted by Crippen LogP contribution is -2.60. The number of nitro groups is 1. The molecule has 0 aliphatic carbocycles. The zero-order chi connectivity index (χ0) is 21.1. The van der Waals surface area contributed by atoms with Crippen LogP contribution in [0.5, 0.6) is 0 Å². The Kier molecular flexibility index (Phi) is 6.02. The van der Waals surface area contributed by atoms with Crippen molar-refractivity contribution in [3.8, 4) is 0 Å². The number of imidazole rings is 1. The molecule has 1 aliphatic heterocycles. The largest absolute Gasteiger partial charge is 0.364 e. The van der Waals surface area contributed by atoms with E-state index in [2.05, 4.69) is 58.6 Å². The topological polar surface area (TPSA) is 123 Å². The summed E-state index contributed by atoms with van der Waals surface area (Å²) in [6, 6.07) is 0.0731. The highest BCUT2D eigenvalue weighted by atomic mass is 16.6. The van der Waals surface area contributed by atoms with Crippen molar-refractivity contribution in [3.63, 3.8) is 0 Å². The Morgan fingerprint density at radius 3 is 2.55 bits per heavy atom. The van der Waals surface area contributed by atoms with E-state index in [0.29, 0.717) is 6.54 Å². The van der Waals surface area contributed by atoms with Gasteiger partial charge in [-0.05, 0) is 47.0 Å². The monoisotopic (exact) mass is 402 g/mol. The van der Waals surface area contributed by atoms with Crippen LogP contribution in [-0.2, 0) is 6.54 Å². The Hall–Kier alpha value is -2.75. The van der Waals surface area contributed by atoms with Gasteiger partial charge in [0.1, 0.15) is 6.33 Å². The first-order chi connectivity index (χ1) is 13.7. The van der Waals surface area contributed by atoms with Gasteiger partial charge >= 0.3 is 5.69 Å². The summed E-state index contributed by atoms with van der Waals surface area (Å²) >= 11 is 0. The third-order valence-corrected chi connectivity index (χ3v) is 4.98. The third kappa shape index (κ3) is 5.63. The van der Waals surface area contributed by atoms with Crippen molar-refractivity contribution in [3.05, 3.63) is 35.2 Å². The molecule has 3 heterocycles. The van der Waals surface area contributed by atoms with Gasteiger partial charge in [0.25, 0.3) is 0 Å². The minimum absolute atomic E-state index is 0.0731. The fraction of sp³-hybridized carbons (Fsp3) is 0.632. The number of aryl methyl sites for hydroxylation is 1. The first-order valence-corrected chi connectivity index (χ1v) is 9.90. The van der Waals surface area contributed by atoms with E-state index in [1.807, 2.05) is 10.8 Å². The van der Waals surface area contributed by atoms with Gasteiger partial charge in [-0.3, -0.25) is 10.1 Å². The van der Waals surface area contributed by atoms with Gasteiger partial charge in [0.05, 0.1) is 11.3 Å². The maximum absolute atomic E-state index is 11.8. The van der Waals surface area contributed by atoms with Crippen LogP contribution in [-0.4, -0.2) is 48.1 Å². The number of nitrogens with zero attached hydrogens (tertiary/aromatic N) is 5. The van der Waals surface area contributed by atoms with Crippen molar-refractivity contribution < 1.29 is 4.92 Å². The van der Waals surface area contributed by atoms with Gasteiger partial charge in [-0.15, -0.1) is 0 Å². The number of piperidine rings is 1. The van der Waals surface area contributed by atoms with Crippen LogP contribution in [0.1, 0.15) is 47.0 Å². The second kappa shape index (κ2) is 8.32. The van der Waals surface area contributed by atoms with Crippen LogP contribution >= 0.6 is 0 Å². The van der Waals surface area contributed by atoms with E-state index in [0.717, 1.165) is 25.8 Å². The molecule has 0 spiro atoms. The smallest absolute Gasteiger partial charge is 0.353 e. The second-order valence-electron chi connectivity index (χ2n) is 8.90. The highest BCUT2D eigenvalue weighted by molar-refractivity contribution is 5.69. The summed E-state index contributed by atoms with van der Waals surface area (Å²) in [6.45, 7) is 9.90. The number of aromatic nitrogens is 4. The van der Waals surface area contributed by atoms with E-state index in [1.165, 1.54) is 6.33 Å². The summed E-state index contributed by atoms with van der Waals surface area (Å²) in [4.78, 5) is 23.7. The van der Waals surface area contributed by atoms with Gasteiger partial charge in [-0.2, -0.15) is 0 Å². The molecule has 3 N–H and O–H groups in total. The lowest BCUT2D eigenvalue weighted by molar-refractivity contribution is -0.383. The molecule has 0 bridgehead atoms. The SMILES string of the molecule is CC1(C)CC(Nc2ncnc(NCCCn3ccnc3)c2[N+](=O)[O-])CC(C)(C)N1. The molecule has 29 heavy (non-hydrogen) atoms. The molecular weight excluding hydrogens is 372 g/mol. The molecular formula is C19H30N8O2. The van der Waals surface area contributed by atoms with E-state index in [4.69, 9.17) is 0 Å². The summed E-state index contributed by atoms with van der Waals surface area (Å²) in [7, 11) is 0. The van der Waals surface area contributed by atoms with Crippen molar-refractivity contribution >= 4 is 17.3 Å². The minimum Gasteiger partial charge on any atom is -0.364 e. The molecule has 0 radical (unpaired) electrons. The van der Waals surface area contributed by atoms with Gasteiger partial charge < -0.3 is 20.5 Å². The zero-order valence-corrected chi connectivity index (χ0v) is 17.5. The van der Waals surface area contributed by atoms with Crippen molar-refractivity contribution in [2.24, 2.45) is 0 Å². The van der Waals surface area contributed by atoms with Gasteiger partial charge in [0.2, 0.25) is 11.6 Å². The molecule has 158 valence electrons. The molecule has 0 saturated carbocycles. The minimum atomic E-state index is -0.419. The predicted octanol–water partition coefficient (Wildman–Crippen LogP) is 2.80. The van der Waals surface area contributed by atoms with Crippen LogP contribution in [0.4, 0.5) is 17.3 Å². The lowest BCUT2D eigenvalue weighted by atomic mass is 9.79. The van der Waals surface area contributed by atoms with E-state index < -0.39 is 4.92 Å². The fourth-order valence-corrected chi connectivity index (χ4v) is 4.29. The van der Waals surface area contributed by atoms with Gasteiger partial charge in [-0.25, -0.2) is 15.0 Å². The van der Waals surface area contributed by atoms with Crippen molar-refractivity contribution in [2.75, 3.05) is 17.2 Å². The van der Waals surface area contributed by atoms with Crippen LogP contribution in [0.25, 0.3) is 0 Å². The number of hydrogen-bond donors (Lipinski definition) is 3. The summed E-state index contributed by atoms with van der Waals surface area (Å²) in [5.74, 6) is 0.506. The maximum Gasteiger partial charge on any atom is 0.353 e. The summed E-state index contributed by atoms with van der Waals surface area (Å²) in [6.07, 6.45) is 9.19. The summed E-state index contributed by atoms with van der Waals surface area (Å²) in [5, 5.41) is 21.8. The van der Waals surface area contributed by atoms with Gasteiger partial charge in [0.15, 0.2) is 0 Å². The van der Waals surface area contributed by atoms with Crippen molar-refractivity contribution in [1.29, 1.82) is 0 Å². The van der Waals surface area contributed by atoms with Crippen LogP contribution in [0.3, 0.4) is 0 Å². The first kappa shape index (κ1) is 21.0. The van der Waals surface area contributed by atoms with E-state index in [1.54, 1.807) is 12.5 Å². The molecule has 3 rings (SSSR count). The Labute approximate surface area is 170 Å². The number of rotatable bonds is 8. The molecule has 1 fully saturated rings. The van der Waals surface area contributed by atoms with Gasteiger partial charge in [-0.1, -0.05) is 0 Å². The maximum atomic E-state index is 11.8. The Morgan fingerprint density at radius 1 is 1.24 bits per heavy atom. The molecule has 2 aromatic rings. The molecule has 0 unspecified atom stereocenters. The molecule has 1 saturated heterocycles. The first-order valence-electron chi connectivity index (χ1n) is 9.90. The molecule has 10 heteroatoms. The average molecular weight is 403 g/mol. The molecule has 10 nitrogen and oxygen atoms in total. The summed E-state index contributed by atoms with van der Waals surface area (Å²) in [5.41, 5.74) is -0.255. The zero-order valence-electron chi connectivity index (χ0n) is 17.5. The number of hydrogen-bond acceptors (Lipinski definition) is 8. The molecule has 1 aliphatic rings. The number of nitrogens with one attached hydrogen (secondary N) is 3. The second-order valence-corrected chi connectivity index (χ2v) is 8.90. The van der Waals surface area contributed by atoms with Crippen LogP contribution in [0.2, 0.25) is 0 Å². The van der Waals surface area contributed by atoms with Crippen molar-refractivity contribution in [2.45, 2.75) is 70.6 Å². The molecule has 0 amide bonds. The van der Waals surface area contributed by atoms with E-state index in [-0.39, 0.29) is 34.4 Å².